The minimum atomic E-state index is -4.00. The second-order valence-electron chi connectivity index (χ2n) is 9.84. The van der Waals surface area contributed by atoms with Crippen molar-refractivity contribution in [3.8, 4) is 5.75 Å². The van der Waals surface area contributed by atoms with Crippen molar-refractivity contribution in [2.24, 2.45) is 5.92 Å². The maximum absolute atomic E-state index is 13.0. The maximum Gasteiger partial charge on any atom is 0.362 e. The van der Waals surface area contributed by atoms with E-state index in [4.69, 9.17) is 28.2 Å². The van der Waals surface area contributed by atoms with E-state index in [0.717, 1.165) is 24.8 Å². The second-order valence-corrected chi connectivity index (χ2v) is 11.6. The first-order valence-corrected chi connectivity index (χ1v) is 16.2. The Morgan fingerprint density at radius 1 is 0.842 bits per heavy atom. The molecule has 2 atom stereocenters. The highest BCUT2D eigenvalue weighted by Gasteiger charge is 2.27. The average molecular weight is 559 g/mol. The molecule has 2 unspecified atom stereocenters. The summed E-state index contributed by atoms with van der Waals surface area (Å²) in [5.41, 5.74) is 1.03. The maximum atomic E-state index is 13.0. The van der Waals surface area contributed by atoms with Crippen LogP contribution in [0.4, 0.5) is 0 Å². The molecule has 1 aromatic carbocycles. The topological polar surface area (TPSA) is 92.7 Å². The monoisotopic (exact) mass is 558 g/mol. The Labute approximate surface area is 230 Å². The van der Waals surface area contributed by atoms with Gasteiger partial charge in [0.15, 0.2) is 0 Å². The molecule has 0 aromatic heterocycles. The van der Waals surface area contributed by atoms with Gasteiger partial charge in [-0.05, 0) is 43.9 Å². The molecule has 1 saturated heterocycles. The minimum Gasteiger partial charge on any atom is -0.492 e. The molecule has 0 radical (unpaired) electrons. The Morgan fingerprint density at radius 2 is 1.45 bits per heavy atom. The lowest BCUT2D eigenvalue weighted by atomic mass is 10.0. The molecule has 1 fully saturated rings. The van der Waals surface area contributed by atoms with Gasteiger partial charge in [-0.1, -0.05) is 57.9 Å². The number of aryl methyl sites for hydroxylation is 1. The third-order valence-electron chi connectivity index (χ3n) is 6.57. The Kier molecular flexibility index (Phi) is 18.2. The van der Waals surface area contributed by atoms with Crippen LogP contribution in [0.2, 0.25) is 0 Å². The Hall–Kier alpha value is -0.990. The highest BCUT2D eigenvalue weighted by Crippen LogP contribution is 2.44. The number of benzene rings is 1. The van der Waals surface area contributed by atoms with E-state index in [0.29, 0.717) is 65.2 Å². The standard InChI is InChI=1S/C29H51O8P/c1-3-5-6-7-8-9-10-11-12-26-13-14-28(29(23-26)38(30,31)37-4-2)36-25-27-15-16-32-17-18-33-19-20-34-21-22-35-24-27/h13-14,23,27H,3-12,15-22,24-25H2,1-2H3,(H,30,31). The molecule has 1 aliphatic rings. The summed E-state index contributed by atoms with van der Waals surface area (Å²) in [5, 5.41) is 0.236. The smallest absolute Gasteiger partial charge is 0.362 e. The van der Waals surface area contributed by atoms with E-state index in [1.807, 2.05) is 12.1 Å². The average Bonchev–Trinajstić information content (AvgIpc) is 2.91. The molecule has 1 aliphatic heterocycles. The number of hydrogen-bond acceptors (Lipinski definition) is 7. The number of unbranched alkanes of at least 4 members (excludes halogenated alkanes) is 7. The van der Waals surface area contributed by atoms with Gasteiger partial charge in [-0.3, -0.25) is 4.57 Å². The molecule has 0 bridgehead atoms. The van der Waals surface area contributed by atoms with E-state index >= 15 is 0 Å². The fourth-order valence-electron chi connectivity index (χ4n) is 4.35. The molecule has 9 heteroatoms. The van der Waals surface area contributed by atoms with E-state index in [-0.39, 0.29) is 17.8 Å². The van der Waals surface area contributed by atoms with Crippen molar-refractivity contribution in [2.45, 2.75) is 78.1 Å². The number of rotatable bonds is 15. The number of hydrogen-bond donors (Lipinski definition) is 1. The summed E-state index contributed by atoms with van der Waals surface area (Å²) in [7, 11) is -4.00. The lowest BCUT2D eigenvalue weighted by Gasteiger charge is -2.21. The van der Waals surface area contributed by atoms with Crippen molar-refractivity contribution in [1.82, 2.24) is 0 Å². The molecule has 0 spiro atoms. The van der Waals surface area contributed by atoms with Crippen molar-refractivity contribution in [1.29, 1.82) is 0 Å². The van der Waals surface area contributed by atoms with Crippen LogP contribution >= 0.6 is 7.60 Å². The number of ether oxygens (including phenoxy) is 5. The van der Waals surface area contributed by atoms with Crippen molar-refractivity contribution < 1.29 is 37.7 Å². The quantitative estimate of drug-likeness (QED) is 0.217. The SMILES string of the molecule is CCCCCCCCCCc1ccc(OCC2CCOCCOCCOCCOC2)c(P(=O)(O)OCC)c1. The van der Waals surface area contributed by atoms with Gasteiger partial charge in [0.05, 0.1) is 59.5 Å². The van der Waals surface area contributed by atoms with E-state index in [9.17, 15) is 9.46 Å². The van der Waals surface area contributed by atoms with Gasteiger partial charge in [0.2, 0.25) is 0 Å². The molecule has 220 valence electrons. The molecular weight excluding hydrogens is 507 g/mol. The summed E-state index contributed by atoms with van der Waals surface area (Å²) in [6, 6.07) is 5.59. The van der Waals surface area contributed by atoms with Crippen LogP contribution in [0.1, 0.15) is 77.2 Å². The van der Waals surface area contributed by atoms with Crippen molar-refractivity contribution in [3.05, 3.63) is 23.8 Å². The molecule has 8 nitrogen and oxygen atoms in total. The summed E-state index contributed by atoms with van der Waals surface area (Å²) in [6.07, 6.45) is 11.6. The molecule has 38 heavy (non-hydrogen) atoms. The van der Waals surface area contributed by atoms with Crippen LogP contribution in [0, 0.1) is 5.92 Å². The molecule has 1 aromatic rings. The fourth-order valence-corrected chi connectivity index (χ4v) is 5.59. The van der Waals surface area contributed by atoms with Crippen molar-refractivity contribution in [2.75, 3.05) is 66.1 Å². The summed E-state index contributed by atoms with van der Waals surface area (Å²) in [4.78, 5) is 10.7. The molecular formula is C29H51O8P. The predicted molar refractivity (Wildman–Crippen MR) is 151 cm³/mol. The van der Waals surface area contributed by atoms with Crippen LogP contribution < -0.4 is 10.0 Å². The Balaban J connectivity index is 1.95. The highest BCUT2D eigenvalue weighted by molar-refractivity contribution is 7.61. The summed E-state index contributed by atoms with van der Waals surface area (Å²) in [6.45, 7) is 8.68. The first kappa shape index (κ1) is 33.2. The predicted octanol–water partition coefficient (Wildman–Crippen LogP) is 5.68. The zero-order chi connectivity index (χ0) is 27.3. The second kappa shape index (κ2) is 20.8. The summed E-state index contributed by atoms with van der Waals surface area (Å²) >= 11 is 0. The largest absolute Gasteiger partial charge is 0.492 e. The minimum absolute atomic E-state index is 0.0638. The van der Waals surface area contributed by atoms with Crippen molar-refractivity contribution >= 4 is 12.9 Å². The molecule has 1 heterocycles. The first-order valence-electron chi connectivity index (χ1n) is 14.6. The fraction of sp³-hybridized carbons (Fsp3) is 0.793. The zero-order valence-corrected chi connectivity index (χ0v) is 24.6. The first-order chi connectivity index (χ1) is 18.6. The van der Waals surface area contributed by atoms with E-state index in [1.165, 1.54) is 44.9 Å². The lowest BCUT2D eigenvalue weighted by molar-refractivity contribution is -0.0224. The Morgan fingerprint density at radius 3 is 2.11 bits per heavy atom. The summed E-state index contributed by atoms with van der Waals surface area (Å²) < 4.78 is 46.9. The molecule has 1 N–H and O–H groups in total. The van der Waals surface area contributed by atoms with Gasteiger partial charge < -0.3 is 33.1 Å². The van der Waals surface area contributed by atoms with Crippen LogP contribution in [0.25, 0.3) is 0 Å². The van der Waals surface area contributed by atoms with Crippen LogP contribution in [0.5, 0.6) is 5.75 Å². The van der Waals surface area contributed by atoms with Gasteiger partial charge in [0.25, 0.3) is 0 Å². The van der Waals surface area contributed by atoms with Gasteiger partial charge in [0, 0.05) is 12.5 Å². The van der Waals surface area contributed by atoms with Crippen LogP contribution in [0.3, 0.4) is 0 Å². The zero-order valence-electron chi connectivity index (χ0n) is 23.7. The van der Waals surface area contributed by atoms with Gasteiger partial charge in [-0.15, -0.1) is 0 Å². The van der Waals surface area contributed by atoms with Gasteiger partial charge >= 0.3 is 7.60 Å². The van der Waals surface area contributed by atoms with Crippen molar-refractivity contribution in [3.63, 3.8) is 0 Å². The highest BCUT2D eigenvalue weighted by atomic mass is 31.2. The lowest BCUT2D eigenvalue weighted by Crippen LogP contribution is -2.24. The third kappa shape index (κ3) is 14.4. The van der Waals surface area contributed by atoms with Gasteiger partial charge in [0.1, 0.15) is 11.1 Å². The van der Waals surface area contributed by atoms with Crippen LogP contribution in [0.15, 0.2) is 18.2 Å². The molecule has 2 rings (SSSR count). The van der Waals surface area contributed by atoms with E-state index in [1.54, 1.807) is 13.0 Å². The molecule has 0 aliphatic carbocycles. The van der Waals surface area contributed by atoms with Crippen LogP contribution in [-0.4, -0.2) is 71.0 Å². The molecule has 0 saturated carbocycles. The van der Waals surface area contributed by atoms with E-state index in [2.05, 4.69) is 6.92 Å². The summed E-state index contributed by atoms with van der Waals surface area (Å²) in [5.74, 6) is 0.454. The Bertz CT molecular complexity index is 761. The van der Waals surface area contributed by atoms with Gasteiger partial charge in [-0.25, -0.2) is 0 Å². The normalized spacial score (nSPS) is 19.9. The van der Waals surface area contributed by atoms with Crippen LogP contribution in [-0.2, 0) is 34.5 Å². The third-order valence-corrected chi connectivity index (χ3v) is 8.13. The molecule has 0 amide bonds. The van der Waals surface area contributed by atoms with Gasteiger partial charge in [-0.2, -0.15) is 0 Å². The van der Waals surface area contributed by atoms with E-state index < -0.39 is 7.60 Å².